The monoisotopic (exact) mass is 268 g/mol. The molecule has 0 spiro atoms. The smallest absolute Gasteiger partial charge is 0.221 e. The molecule has 0 aromatic heterocycles. The molecule has 104 valence electrons. The van der Waals surface area contributed by atoms with E-state index in [0.29, 0.717) is 19.4 Å². The molecule has 1 fully saturated rings. The fraction of sp³-hybridized carbons (Fsp3) is 0.500. The van der Waals surface area contributed by atoms with Crippen LogP contribution in [0, 0.1) is 11.6 Å². The third-order valence-electron chi connectivity index (χ3n) is 3.50. The summed E-state index contributed by atoms with van der Waals surface area (Å²) in [7, 11) is 0. The molecule has 2 rings (SSSR count). The van der Waals surface area contributed by atoms with Gasteiger partial charge >= 0.3 is 0 Å². The Bertz CT molecular complexity index is 465. The van der Waals surface area contributed by atoms with Crippen LogP contribution in [0.15, 0.2) is 18.2 Å². The van der Waals surface area contributed by atoms with Crippen LogP contribution < -0.4 is 5.32 Å². The lowest BCUT2D eigenvalue weighted by molar-refractivity contribution is -0.121. The SMILES string of the molecule is CC1CC(=O)NCCN1CCc1ccc(F)c(F)c1. The summed E-state index contributed by atoms with van der Waals surface area (Å²) in [6, 6.07) is 4.17. The van der Waals surface area contributed by atoms with E-state index in [-0.39, 0.29) is 11.9 Å². The van der Waals surface area contributed by atoms with E-state index in [1.807, 2.05) is 6.92 Å². The largest absolute Gasteiger partial charge is 0.355 e. The normalized spacial score (nSPS) is 21.0. The van der Waals surface area contributed by atoms with Gasteiger partial charge in [0.25, 0.3) is 0 Å². The molecule has 1 unspecified atom stereocenters. The van der Waals surface area contributed by atoms with Gasteiger partial charge in [-0.1, -0.05) is 6.07 Å². The van der Waals surface area contributed by atoms with E-state index >= 15 is 0 Å². The molecular formula is C14H18F2N2O. The second-order valence-electron chi connectivity index (χ2n) is 4.94. The Labute approximate surface area is 111 Å². The van der Waals surface area contributed by atoms with E-state index in [9.17, 15) is 13.6 Å². The maximum Gasteiger partial charge on any atom is 0.221 e. The second kappa shape index (κ2) is 6.10. The van der Waals surface area contributed by atoms with E-state index in [0.717, 1.165) is 24.7 Å². The van der Waals surface area contributed by atoms with Crippen LogP contribution in [0.1, 0.15) is 18.9 Å². The highest BCUT2D eigenvalue weighted by Gasteiger charge is 2.20. The van der Waals surface area contributed by atoms with Gasteiger partial charge in [0.2, 0.25) is 5.91 Å². The number of hydrogen-bond donors (Lipinski definition) is 1. The number of nitrogens with zero attached hydrogens (tertiary/aromatic N) is 1. The van der Waals surface area contributed by atoms with Crippen molar-refractivity contribution in [2.45, 2.75) is 25.8 Å². The summed E-state index contributed by atoms with van der Waals surface area (Å²) in [5, 5.41) is 2.83. The van der Waals surface area contributed by atoms with Gasteiger partial charge in [-0.2, -0.15) is 0 Å². The maximum absolute atomic E-state index is 13.1. The van der Waals surface area contributed by atoms with Gasteiger partial charge in [-0.15, -0.1) is 0 Å². The molecule has 1 amide bonds. The highest BCUT2D eigenvalue weighted by Crippen LogP contribution is 2.12. The number of halogens is 2. The minimum atomic E-state index is -0.818. The van der Waals surface area contributed by atoms with Crippen LogP contribution in [0.5, 0.6) is 0 Å². The first kappa shape index (κ1) is 13.9. The van der Waals surface area contributed by atoms with Crippen LogP contribution in [0.2, 0.25) is 0 Å². The van der Waals surface area contributed by atoms with E-state index in [4.69, 9.17) is 0 Å². The number of hydrogen-bond acceptors (Lipinski definition) is 2. The Morgan fingerprint density at radius 1 is 1.37 bits per heavy atom. The van der Waals surface area contributed by atoms with Crippen molar-refractivity contribution in [1.82, 2.24) is 10.2 Å². The zero-order chi connectivity index (χ0) is 13.8. The van der Waals surface area contributed by atoms with E-state index in [1.165, 1.54) is 6.07 Å². The van der Waals surface area contributed by atoms with Crippen molar-refractivity contribution in [2.75, 3.05) is 19.6 Å². The van der Waals surface area contributed by atoms with Crippen LogP contribution in [-0.4, -0.2) is 36.5 Å². The van der Waals surface area contributed by atoms with Crippen molar-refractivity contribution in [3.63, 3.8) is 0 Å². The van der Waals surface area contributed by atoms with Crippen molar-refractivity contribution in [3.8, 4) is 0 Å². The van der Waals surface area contributed by atoms with Gasteiger partial charge in [0, 0.05) is 32.1 Å². The Kier molecular flexibility index (Phi) is 4.47. The topological polar surface area (TPSA) is 32.3 Å². The number of carbonyl (C=O) groups excluding carboxylic acids is 1. The lowest BCUT2D eigenvalue weighted by Gasteiger charge is -2.25. The van der Waals surface area contributed by atoms with Crippen LogP contribution >= 0.6 is 0 Å². The third-order valence-corrected chi connectivity index (χ3v) is 3.50. The standard InChI is InChI=1S/C14H18F2N2O/c1-10-8-14(19)17-5-7-18(10)6-4-11-2-3-12(15)13(16)9-11/h2-3,9-10H,4-8H2,1H3,(H,17,19). The summed E-state index contributed by atoms with van der Waals surface area (Å²) in [6.07, 6.45) is 1.13. The average Bonchev–Trinajstić information content (AvgIpc) is 2.52. The molecule has 3 nitrogen and oxygen atoms in total. The molecule has 1 aromatic carbocycles. The molecule has 1 atom stereocenters. The molecule has 5 heteroatoms. The predicted molar refractivity (Wildman–Crippen MR) is 68.7 cm³/mol. The summed E-state index contributed by atoms with van der Waals surface area (Å²) in [5.74, 6) is -1.55. The van der Waals surface area contributed by atoms with Crippen molar-refractivity contribution in [2.24, 2.45) is 0 Å². The van der Waals surface area contributed by atoms with Gasteiger partial charge in [-0.05, 0) is 31.0 Å². The predicted octanol–water partition coefficient (Wildman–Crippen LogP) is 1.72. The number of carbonyl (C=O) groups is 1. The van der Waals surface area contributed by atoms with Gasteiger partial charge < -0.3 is 5.32 Å². The number of rotatable bonds is 3. The highest BCUT2D eigenvalue weighted by molar-refractivity contribution is 5.76. The van der Waals surface area contributed by atoms with Gasteiger partial charge in [0.05, 0.1) is 0 Å². The molecule has 1 aliphatic rings. The number of amides is 1. The van der Waals surface area contributed by atoms with Gasteiger partial charge in [0.15, 0.2) is 11.6 Å². The quantitative estimate of drug-likeness (QED) is 0.905. The molecule has 0 radical (unpaired) electrons. The Hall–Kier alpha value is -1.49. The lowest BCUT2D eigenvalue weighted by atomic mass is 10.1. The van der Waals surface area contributed by atoms with Gasteiger partial charge in [-0.3, -0.25) is 9.69 Å². The van der Waals surface area contributed by atoms with E-state index in [2.05, 4.69) is 10.2 Å². The summed E-state index contributed by atoms with van der Waals surface area (Å²) >= 11 is 0. The Morgan fingerprint density at radius 3 is 2.89 bits per heavy atom. The van der Waals surface area contributed by atoms with Crippen molar-refractivity contribution in [1.29, 1.82) is 0 Å². The summed E-state index contributed by atoms with van der Waals surface area (Å²) in [6.45, 7) is 4.18. The summed E-state index contributed by atoms with van der Waals surface area (Å²) in [5.41, 5.74) is 0.773. The molecule has 1 N–H and O–H groups in total. The van der Waals surface area contributed by atoms with Gasteiger partial charge in [0.1, 0.15) is 0 Å². The summed E-state index contributed by atoms with van der Waals surface area (Å²) in [4.78, 5) is 13.6. The second-order valence-corrected chi connectivity index (χ2v) is 4.94. The molecule has 0 saturated carbocycles. The van der Waals surface area contributed by atoms with Crippen LogP contribution in [0.3, 0.4) is 0 Å². The fourth-order valence-corrected chi connectivity index (χ4v) is 2.33. The Morgan fingerprint density at radius 2 is 2.16 bits per heavy atom. The minimum Gasteiger partial charge on any atom is -0.355 e. The Balaban J connectivity index is 1.93. The van der Waals surface area contributed by atoms with Crippen molar-refractivity contribution in [3.05, 3.63) is 35.4 Å². The lowest BCUT2D eigenvalue weighted by Crippen LogP contribution is -2.36. The zero-order valence-corrected chi connectivity index (χ0v) is 11.0. The first-order valence-corrected chi connectivity index (χ1v) is 6.51. The molecule has 1 heterocycles. The molecule has 1 aromatic rings. The fourth-order valence-electron chi connectivity index (χ4n) is 2.33. The molecule has 0 aliphatic carbocycles. The third kappa shape index (κ3) is 3.73. The zero-order valence-electron chi connectivity index (χ0n) is 11.0. The van der Waals surface area contributed by atoms with Crippen molar-refractivity contribution >= 4 is 5.91 Å². The minimum absolute atomic E-state index is 0.0721. The average molecular weight is 268 g/mol. The van der Waals surface area contributed by atoms with Crippen molar-refractivity contribution < 1.29 is 13.6 Å². The van der Waals surface area contributed by atoms with E-state index < -0.39 is 11.6 Å². The maximum atomic E-state index is 13.1. The molecule has 1 saturated heterocycles. The number of nitrogens with one attached hydrogen (secondary N) is 1. The molecule has 1 aliphatic heterocycles. The highest BCUT2D eigenvalue weighted by atomic mass is 19.2. The summed E-state index contributed by atoms with van der Waals surface area (Å²) < 4.78 is 25.9. The molecule has 19 heavy (non-hydrogen) atoms. The molecular weight excluding hydrogens is 250 g/mol. The van der Waals surface area contributed by atoms with Crippen LogP contribution in [-0.2, 0) is 11.2 Å². The molecule has 0 bridgehead atoms. The number of benzene rings is 1. The van der Waals surface area contributed by atoms with Gasteiger partial charge in [-0.25, -0.2) is 8.78 Å². The first-order chi connectivity index (χ1) is 9.06. The van der Waals surface area contributed by atoms with E-state index in [1.54, 1.807) is 6.07 Å². The van der Waals surface area contributed by atoms with Crippen LogP contribution in [0.25, 0.3) is 0 Å². The first-order valence-electron chi connectivity index (χ1n) is 6.51. The van der Waals surface area contributed by atoms with Crippen LogP contribution in [0.4, 0.5) is 8.78 Å².